The predicted molar refractivity (Wildman–Crippen MR) is 90.7 cm³/mol. The van der Waals surface area contributed by atoms with Crippen LogP contribution in [0.25, 0.3) is 0 Å². The summed E-state index contributed by atoms with van der Waals surface area (Å²) in [6.07, 6.45) is 0. The number of nitrogens with one attached hydrogen (secondary N) is 3. The van der Waals surface area contributed by atoms with Gasteiger partial charge in [-0.15, -0.1) is 11.6 Å². The highest BCUT2D eigenvalue weighted by Crippen LogP contribution is 2.24. The van der Waals surface area contributed by atoms with E-state index in [0.29, 0.717) is 5.82 Å². The molecule has 0 saturated heterocycles. The number of carbonyl (C=O) groups excluding carboxylic acids is 1. The zero-order valence-corrected chi connectivity index (χ0v) is 14.1. The number of hydrogen-bond donors (Lipinski definition) is 4. The summed E-state index contributed by atoms with van der Waals surface area (Å²) in [5, 5.41) is 8.57. The van der Waals surface area contributed by atoms with Gasteiger partial charge < -0.3 is 16.4 Å². The number of nitrogens with two attached hydrogens (primary N) is 1. The van der Waals surface area contributed by atoms with Gasteiger partial charge in [-0.3, -0.25) is 5.32 Å². The Morgan fingerprint density at radius 1 is 1.27 bits per heavy atom. The predicted octanol–water partition coefficient (Wildman–Crippen LogP) is 2.83. The molecule has 5 N–H and O–H groups in total. The highest BCUT2D eigenvalue weighted by molar-refractivity contribution is 6.22. The fourth-order valence-electron chi connectivity index (χ4n) is 2.33. The minimum absolute atomic E-state index is 0.0777. The maximum atomic E-state index is 12.0. The number of anilines is 1. The highest BCUT2D eigenvalue weighted by Gasteiger charge is 2.29. The molecule has 1 heterocycles. The Morgan fingerprint density at radius 2 is 1.86 bits per heavy atom. The summed E-state index contributed by atoms with van der Waals surface area (Å²) in [4.78, 5) is 12.0. The van der Waals surface area contributed by atoms with Crippen molar-refractivity contribution in [3.8, 4) is 0 Å². The van der Waals surface area contributed by atoms with Crippen LogP contribution >= 0.6 is 11.6 Å². The summed E-state index contributed by atoms with van der Waals surface area (Å²) >= 11 is 5.88. The van der Waals surface area contributed by atoms with E-state index in [4.69, 9.17) is 17.3 Å². The molecule has 5 nitrogen and oxygen atoms in total. The van der Waals surface area contributed by atoms with Gasteiger partial charge in [0.1, 0.15) is 11.3 Å². The molecule has 1 aliphatic heterocycles. The zero-order valence-electron chi connectivity index (χ0n) is 13.3. The first-order valence-corrected chi connectivity index (χ1v) is 7.71. The Balaban J connectivity index is 1.99. The lowest BCUT2D eigenvalue weighted by Gasteiger charge is -2.34. The van der Waals surface area contributed by atoms with E-state index >= 15 is 0 Å². The monoisotopic (exact) mass is 322 g/mol. The number of alkyl halides is 1. The minimum Gasteiger partial charge on any atom is -0.365 e. The normalized spacial score (nSPS) is 19.1. The Hall–Kier alpha value is -1.72. The number of amides is 2. The molecule has 6 heteroatoms. The highest BCUT2D eigenvalue weighted by atomic mass is 35.5. The lowest BCUT2D eigenvalue weighted by Crippen LogP contribution is -2.52. The van der Waals surface area contributed by atoms with E-state index in [1.54, 1.807) is 0 Å². The smallest absolute Gasteiger partial charge is 0.324 e. The average Bonchev–Trinajstić information content (AvgIpc) is 2.36. The Morgan fingerprint density at radius 3 is 2.32 bits per heavy atom. The van der Waals surface area contributed by atoms with Crippen LogP contribution in [0.5, 0.6) is 0 Å². The summed E-state index contributed by atoms with van der Waals surface area (Å²) in [6.45, 7) is 8.38. The Bertz CT molecular complexity index is 587. The van der Waals surface area contributed by atoms with Gasteiger partial charge in [0.2, 0.25) is 0 Å². The minimum atomic E-state index is -0.599. The zero-order chi connectivity index (χ0) is 16.5. The molecule has 1 aromatic rings. The second kappa shape index (κ2) is 6.18. The molecule has 1 aliphatic rings. The van der Waals surface area contributed by atoms with Gasteiger partial charge in [-0.2, -0.15) is 0 Å². The van der Waals surface area contributed by atoms with Gasteiger partial charge in [-0.25, -0.2) is 4.79 Å². The number of halogens is 1. The molecular weight excluding hydrogens is 300 g/mol. The standard InChI is InChI=1S/C16H23ClN4O/c1-9-12(13(17)18)14(19-9)21-15(22)20-11-7-5-10(6-8-11)16(2,3)4/h5-9,13,19H,18H2,1-4H3,(H2,20,21,22). The van der Waals surface area contributed by atoms with Crippen molar-refractivity contribution in [2.45, 2.75) is 44.7 Å². The fourth-order valence-corrected chi connectivity index (χ4v) is 2.63. The van der Waals surface area contributed by atoms with Crippen molar-refractivity contribution < 1.29 is 4.79 Å². The summed E-state index contributed by atoms with van der Waals surface area (Å²) in [5.74, 6) is 0.582. The van der Waals surface area contributed by atoms with Crippen molar-refractivity contribution in [1.29, 1.82) is 0 Å². The van der Waals surface area contributed by atoms with E-state index in [0.717, 1.165) is 11.3 Å². The van der Waals surface area contributed by atoms with E-state index in [1.165, 1.54) is 5.56 Å². The van der Waals surface area contributed by atoms with Gasteiger partial charge in [0, 0.05) is 11.3 Å². The molecule has 0 aromatic heterocycles. The van der Waals surface area contributed by atoms with Crippen molar-refractivity contribution in [2.24, 2.45) is 5.73 Å². The molecular formula is C16H23ClN4O. The van der Waals surface area contributed by atoms with Crippen LogP contribution < -0.4 is 21.7 Å². The molecule has 1 aromatic carbocycles. The molecule has 0 spiro atoms. The maximum Gasteiger partial charge on any atom is 0.324 e. The lowest BCUT2D eigenvalue weighted by atomic mass is 9.87. The maximum absolute atomic E-state index is 12.0. The van der Waals surface area contributed by atoms with E-state index in [9.17, 15) is 4.79 Å². The van der Waals surface area contributed by atoms with Crippen LogP contribution in [-0.2, 0) is 5.41 Å². The third-order valence-corrected chi connectivity index (χ3v) is 3.90. The molecule has 0 bridgehead atoms. The fraction of sp³-hybridized carbons (Fsp3) is 0.438. The molecule has 0 fully saturated rings. The third-order valence-electron chi connectivity index (χ3n) is 3.66. The van der Waals surface area contributed by atoms with Crippen molar-refractivity contribution in [2.75, 3.05) is 5.32 Å². The van der Waals surface area contributed by atoms with Crippen LogP contribution in [0, 0.1) is 0 Å². The van der Waals surface area contributed by atoms with Gasteiger partial charge in [-0.05, 0) is 30.0 Å². The van der Waals surface area contributed by atoms with E-state index in [1.807, 2.05) is 31.2 Å². The van der Waals surface area contributed by atoms with Crippen LogP contribution in [0.1, 0.15) is 33.3 Å². The van der Waals surface area contributed by atoms with Crippen molar-refractivity contribution in [1.82, 2.24) is 10.6 Å². The second-order valence-electron chi connectivity index (χ2n) is 6.50. The molecule has 0 aliphatic carbocycles. The Kier molecular flexibility index (Phi) is 4.68. The van der Waals surface area contributed by atoms with Gasteiger partial charge in [0.15, 0.2) is 0 Å². The molecule has 22 heavy (non-hydrogen) atoms. The summed E-state index contributed by atoms with van der Waals surface area (Å²) in [6, 6.07) is 7.55. The third kappa shape index (κ3) is 3.72. The number of urea groups is 1. The number of carbonyl (C=O) groups is 1. The van der Waals surface area contributed by atoms with E-state index in [2.05, 4.69) is 36.7 Å². The molecule has 2 amide bonds. The second-order valence-corrected chi connectivity index (χ2v) is 6.97. The first-order chi connectivity index (χ1) is 10.2. The van der Waals surface area contributed by atoms with Gasteiger partial charge in [-0.1, -0.05) is 32.9 Å². The first-order valence-electron chi connectivity index (χ1n) is 7.27. The van der Waals surface area contributed by atoms with E-state index < -0.39 is 5.50 Å². The van der Waals surface area contributed by atoms with Crippen LogP contribution in [0.3, 0.4) is 0 Å². The molecule has 2 atom stereocenters. The topological polar surface area (TPSA) is 79.2 Å². The van der Waals surface area contributed by atoms with Gasteiger partial charge in [0.25, 0.3) is 0 Å². The van der Waals surface area contributed by atoms with Crippen molar-refractivity contribution >= 4 is 23.3 Å². The molecule has 120 valence electrons. The largest absolute Gasteiger partial charge is 0.365 e. The lowest BCUT2D eigenvalue weighted by molar-refractivity contribution is 0.252. The van der Waals surface area contributed by atoms with Crippen LogP contribution in [0.15, 0.2) is 35.7 Å². The Labute approximate surface area is 136 Å². The average molecular weight is 323 g/mol. The van der Waals surface area contributed by atoms with Gasteiger partial charge in [0.05, 0.1) is 6.04 Å². The number of benzene rings is 1. The van der Waals surface area contributed by atoms with Crippen molar-refractivity contribution in [3.63, 3.8) is 0 Å². The number of rotatable bonds is 3. The van der Waals surface area contributed by atoms with Crippen LogP contribution in [-0.4, -0.2) is 17.6 Å². The van der Waals surface area contributed by atoms with Gasteiger partial charge >= 0.3 is 6.03 Å². The SMILES string of the molecule is CC1NC(NC(=O)Nc2ccc(C(C)(C)C)cc2)=C1C(N)Cl. The molecule has 0 saturated carbocycles. The molecule has 2 rings (SSSR count). The first kappa shape index (κ1) is 16.6. The summed E-state index contributed by atoms with van der Waals surface area (Å²) < 4.78 is 0. The van der Waals surface area contributed by atoms with Crippen LogP contribution in [0.4, 0.5) is 10.5 Å². The summed E-state index contributed by atoms with van der Waals surface area (Å²) in [7, 11) is 0. The summed E-state index contributed by atoms with van der Waals surface area (Å²) in [5.41, 5.74) is 7.90. The van der Waals surface area contributed by atoms with Crippen molar-refractivity contribution in [3.05, 3.63) is 41.2 Å². The van der Waals surface area contributed by atoms with E-state index in [-0.39, 0.29) is 17.5 Å². The quantitative estimate of drug-likeness (QED) is 0.510. The number of hydrogen-bond acceptors (Lipinski definition) is 3. The molecule has 0 radical (unpaired) electrons. The van der Waals surface area contributed by atoms with Crippen LogP contribution in [0.2, 0.25) is 0 Å². The molecule has 2 unspecified atom stereocenters.